The number of piperidine rings is 2. The van der Waals surface area contributed by atoms with E-state index in [1.54, 1.807) is 0 Å². The van der Waals surface area contributed by atoms with Crippen LogP contribution in [0.5, 0.6) is 0 Å². The Morgan fingerprint density at radius 2 is 1.68 bits per heavy atom. The van der Waals surface area contributed by atoms with Crippen LogP contribution in [-0.4, -0.2) is 42.4 Å². The minimum Gasteiger partial charge on any atom is -0.371 e. The van der Waals surface area contributed by atoms with Crippen molar-refractivity contribution in [1.29, 1.82) is 0 Å². The van der Waals surface area contributed by atoms with Gasteiger partial charge in [-0.1, -0.05) is 29.8 Å². The first kappa shape index (κ1) is 20.0. The molecule has 31 heavy (non-hydrogen) atoms. The van der Waals surface area contributed by atoms with E-state index in [-0.39, 0.29) is 0 Å². The van der Waals surface area contributed by atoms with E-state index in [2.05, 4.69) is 46.4 Å². The number of carbonyl (C=O) groups is 1. The number of imidazole rings is 1. The maximum absolute atomic E-state index is 11.6. The molecule has 0 saturated carbocycles. The lowest BCUT2D eigenvalue weighted by Crippen LogP contribution is -2.48. The predicted octanol–water partition coefficient (Wildman–Crippen LogP) is 4.83. The fourth-order valence-electron chi connectivity index (χ4n) is 5.07. The quantitative estimate of drug-likeness (QED) is 0.600. The Morgan fingerprint density at radius 3 is 2.32 bits per heavy atom. The van der Waals surface area contributed by atoms with Crippen molar-refractivity contribution >= 4 is 12.0 Å². The molecular formula is C26H30N4O. The van der Waals surface area contributed by atoms with Gasteiger partial charge in [-0.2, -0.15) is 0 Å². The van der Waals surface area contributed by atoms with Crippen molar-refractivity contribution < 1.29 is 4.79 Å². The normalized spacial score (nSPS) is 18.3. The van der Waals surface area contributed by atoms with E-state index >= 15 is 0 Å². The van der Waals surface area contributed by atoms with Crippen molar-refractivity contribution in [2.45, 2.75) is 32.6 Å². The topological polar surface area (TPSA) is 61.0 Å². The Labute approximate surface area is 183 Å². The fraction of sp³-hybridized carbons (Fsp3) is 0.385. The molecule has 2 aromatic carbocycles. The van der Waals surface area contributed by atoms with Crippen LogP contribution in [0.1, 0.15) is 41.7 Å². The van der Waals surface area contributed by atoms with E-state index < -0.39 is 0 Å². The van der Waals surface area contributed by atoms with Crippen LogP contribution in [0.15, 0.2) is 48.5 Å². The lowest BCUT2D eigenvalue weighted by atomic mass is 9.73. The molecule has 5 rings (SSSR count). The second kappa shape index (κ2) is 8.31. The minimum absolute atomic E-state index is 0.514. The van der Waals surface area contributed by atoms with Gasteiger partial charge in [-0.05, 0) is 68.8 Å². The molecule has 5 heteroatoms. The highest BCUT2D eigenvalue weighted by molar-refractivity contribution is 5.85. The van der Waals surface area contributed by atoms with Gasteiger partial charge in [-0.25, -0.2) is 4.98 Å². The largest absolute Gasteiger partial charge is 0.371 e. The Bertz CT molecular complexity index is 1040. The van der Waals surface area contributed by atoms with E-state index in [0.717, 1.165) is 36.3 Å². The number of rotatable bonds is 4. The van der Waals surface area contributed by atoms with Crippen molar-refractivity contribution in [3.05, 3.63) is 59.8 Å². The Balaban J connectivity index is 1.32. The summed E-state index contributed by atoms with van der Waals surface area (Å²) in [5, 5.41) is 3.60. The number of aryl methyl sites for hydroxylation is 1. The summed E-state index contributed by atoms with van der Waals surface area (Å²) in [6, 6.07) is 16.7. The zero-order valence-corrected chi connectivity index (χ0v) is 18.2. The molecule has 2 aliphatic heterocycles. The molecule has 0 unspecified atom stereocenters. The van der Waals surface area contributed by atoms with Crippen molar-refractivity contribution in [3.63, 3.8) is 0 Å². The first-order valence-corrected chi connectivity index (χ1v) is 11.3. The highest BCUT2D eigenvalue weighted by atomic mass is 16.1. The third-order valence-electron chi connectivity index (χ3n) is 7.07. The van der Waals surface area contributed by atoms with Gasteiger partial charge in [0.05, 0.1) is 5.69 Å². The van der Waals surface area contributed by atoms with Gasteiger partial charge >= 0.3 is 0 Å². The zero-order valence-electron chi connectivity index (χ0n) is 18.2. The predicted molar refractivity (Wildman–Crippen MR) is 126 cm³/mol. The molecule has 2 fully saturated rings. The Hall–Kier alpha value is -2.92. The maximum atomic E-state index is 11.6. The van der Waals surface area contributed by atoms with Crippen LogP contribution in [0.4, 0.5) is 5.69 Å². The van der Waals surface area contributed by atoms with Crippen LogP contribution < -0.4 is 10.2 Å². The highest BCUT2D eigenvalue weighted by Gasteiger charge is 2.35. The molecule has 5 nitrogen and oxygen atoms in total. The van der Waals surface area contributed by atoms with Crippen LogP contribution in [0.3, 0.4) is 0 Å². The van der Waals surface area contributed by atoms with Crippen LogP contribution in [0, 0.1) is 12.3 Å². The molecule has 1 spiro atoms. The number of anilines is 1. The second-order valence-electron chi connectivity index (χ2n) is 9.15. The second-order valence-corrected chi connectivity index (χ2v) is 9.15. The van der Waals surface area contributed by atoms with Gasteiger partial charge in [0, 0.05) is 36.4 Å². The third kappa shape index (κ3) is 4.02. The monoisotopic (exact) mass is 414 g/mol. The van der Waals surface area contributed by atoms with Gasteiger partial charge in [0.2, 0.25) is 0 Å². The molecule has 0 aliphatic carbocycles. The first-order chi connectivity index (χ1) is 15.2. The number of nitrogens with one attached hydrogen (secondary N) is 2. The van der Waals surface area contributed by atoms with Crippen molar-refractivity contribution in [1.82, 2.24) is 15.3 Å². The standard InChI is InChI=1S/C26H30N4O/c1-19-3-5-20(6-4-19)24-23(17-31)28-25(29-24)21-7-9-22(10-8-21)30-15-12-26(13-16-30)11-2-14-27-18-26/h3-10,17,27H,2,11-16,18H2,1H3,(H,28,29). The molecule has 0 atom stereocenters. The van der Waals surface area contributed by atoms with Gasteiger partial charge in [0.1, 0.15) is 11.5 Å². The SMILES string of the molecule is Cc1ccc(-c2nc(-c3ccc(N4CCC5(CCCNC5)CC4)cc3)[nH]c2C=O)cc1. The molecule has 3 heterocycles. The fourth-order valence-corrected chi connectivity index (χ4v) is 5.07. The summed E-state index contributed by atoms with van der Waals surface area (Å²) in [5.41, 5.74) is 6.14. The van der Waals surface area contributed by atoms with Gasteiger partial charge < -0.3 is 15.2 Å². The molecule has 2 N–H and O–H groups in total. The maximum Gasteiger partial charge on any atom is 0.168 e. The van der Waals surface area contributed by atoms with Crippen molar-refractivity contribution in [3.8, 4) is 22.6 Å². The average molecular weight is 415 g/mol. The smallest absolute Gasteiger partial charge is 0.168 e. The lowest BCUT2D eigenvalue weighted by Gasteiger charge is -2.45. The van der Waals surface area contributed by atoms with E-state index in [1.807, 2.05) is 24.3 Å². The summed E-state index contributed by atoms with van der Waals surface area (Å²) in [4.78, 5) is 22.1. The van der Waals surface area contributed by atoms with Crippen molar-refractivity contribution in [2.75, 3.05) is 31.1 Å². The molecule has 2 saturated heterocycles. The number of benzene rings is 2. The molecule has 2 aliphatic rings. The third-order valence-corrected chi connectivity index (χ3v) is 7.07. The summed E-state index contributed by atoms with van der Waals surface area (Å²) >= 11 is 0. The Morgan fingerprint density at radius 1 is 0.968 bits per heavy atom. The zero-order chi connectivity index (χ0) is 21.3. The molecule has 1 aromatic heterocycles. The number of hydrogen-bond donors (Lipinski definition) is 2. The number of aromatic nitrogens is 2. The minimum atomic E-state index is 0.514. The number of carbonyl (C=O) groups excluding carboxylic acids is 1. The number of hydrogen-bond acceptors (Lipinski definition) is 4. The van der Waals surface area contributed by atoms with Crippen LogP contribution in [0.2, 0.25) is 0 Å². The summed E-state index contributed by atoms with van der Waals surface area (Å²) in [5.74, 6) is 0.732. The van der Waals surface area contributed by atoms with Crippen molar-refractivity contribution in [2.24, 2.45) is 5.41 Å². The van der Waals surface area contributed by atoms with E-state index in [9.17, 15) is 4.79 Å². The number of nitrogens with zero attached hydrogens (tertiary/aromatic N) is 2. The number of aromatic amines is 1. The molecular weight excluding hydrogens is 384 g/mol. The van der Waals surface area contributed by atoms with Crippen LogP contribution in [0.25, 0.3) is 22.6 Å². The van der Waals surface area contributed by atoms with Gasteiger partial charge in [0.25, 0.3) is 0 Å². The lowest BCUT2D eigenvalue weighted by molar-refractivity contribution is 0.112. The first-order valence-electron chi connectivity index (χ1n) is 11.3. The average Bonchev–Trinajstić information content (AvgIpc) is 3.25. The molecule has 3 aromatic rings. The molecule has 160 valence electrons. The van der Waals surface area contributed by atoms with Crippen LogP contribution in [-0.2, 0) is 0 Å². The van der Waals surface area contributed by atoms with Gasteiger partial charge in [0.15, 0.2) is 6.29 Å². The van der Waals surface area contributed by atoms with E-state index in [1.165, 1.54) is 50.0 Å². The molecule has 0 radical (unpaired) electrons. The number of aldehydes is 1. The molecule has 0 amide bonds. The van der Waals surface area contributed by atoms with E-state index in [4.69, 9.17) is 4.98 Å². The van der Waals surface area contributed by atoms with Crippen LogP contribution >= 0.6 is 0 Å². The molecule has 0 bridgehead atoms. The summed E-state index contributed by atoms with van der Waals surface area (Å²) < 4.78 is 0. The number of H-pyrrole nitrogens is 1. The van der Waals surface area contributed by atoms with E-state index in [0.29, 0.717) is 16.8 Å². The summed E-state index contributed by atoms with van der Waals surface area (Å²) in [7, 11) is 0. The Kier molecular flexibility index (Phi) is 5.36. The van der Waals surface area contributed by atoms with Gasteiger partial charge in [-0.3, -0.25) is 4.79 Å². The summed E-state index contributed by atoms with van der Waals surface area (Å²) in [6.45, 7) is 6.65. The van der Waals surface area contributed by atoms with Gasteiger partial charge in [-0.15, -0.1) is 0 Å². The summed E-state index contributed by atoms with van der Waals surface area (Å²) in [6.07, 6.45) is 6.06. The highest BCUT2D eigenvalue weighted by Crippen LogP contribution is 2.38.